The quantitative estimate of drug-likeness (QED) is 0.442. The van der Waals surface area contributed by atoms with Crippen LogP contribution in [0.3, 0.4) is 0 Å². The lowest BCUT2D eigenvalue weighted by Gasteiger charge is -2.06. The van der Waals surface area contributed by atoms with Crippen molar-refractivity contribution in [3.8, 4) is 0 Å². The van der Waals surface area contributed by atoms with Crippen molar-refractivity contribution in [1.29, 1.82) is 0 Å². The van der Waals surface area contributed by atoms with Crippen molar-refractivity contribution in [3.63, 3.8) is 0 Å². The summed E-state index contributed by atoms with van der Waals surface area (Å²) in [5.41, 5.74) is 0. The number of halogens is 1. The molecule has 0 radical (unpaired) electrons. The first kappa shape index (κ1) is 8.75. The summed E-state index contributed by atoms with van der Waals surface area (Å²) >= 11 is 3.83. The van der Waals surface area contributed by atoms with Gasteiger partial charge in [-0.15, -0.1) is 0 Å². The van der Waals surface area contributed by atoms with Gasteiger partial charge in [0.05, 0.1) is 5.37 Å². The van der Waals surface area contributed by atoms with Crippen LogP contribution in [0.25, 0.3) is 0 Å². The molecule has 9 heavy (non-hydrogen) atoms. The minimum absolute atomic E-state index is 0.282. The molecule has 0 aliphatic carbocycles. The van der Waals surface area contributed by atoms with Crippen molar-refractivity contribution >= 4 is 18.5 Å². The summed E-state index contributed by atoms with van der Waals surface area (Å²) < 4.78 is 12.0. The highest BCUT2D eigenvalue weighted by molar-refractivity contribution is 7.80. The smallest absolute Gasteiger partial charge is 0.255 e. The van der Waals surface area contributed by atoms with Gasteiger partial charge in [0.1, 0.15) is 0 Å². The lowest BCUT2D eigenvalue weighted by Crippen LogP contribution is -2.34. The average Bonchev–Trinajstić information content (AvgIpc) is 1.63. The van der Waals surface area contributed by atoms with Crippen LogP contribution >= 0.6 is 12.6 Å². The van der Waals surface area contributed by atoms with E-state index in [0.717, 1.165) is 0 Å². The first-order valence-electron chi connectivity index (χ1n) is 2.66. The van der Waals surface area contributed by atoms with E-state index in [4.69, 9.17) is 0 Å². The topological polar surface area (TPSA) is 29.1 Å². The first-order valence-corrected chi connectivity index (χ1v) is 3.18. The number of carbonyl (C=O) groups is 1. The highest BCUT2D eigenvalue weighted by atomic mass is 32.1. The summed E-state index contributed by atoms with van der Waals surface area (Å²) in [7, 11) is 0. The van der Waals surface area contributed by atoms with Crippen LogP contribution < -0.4 is 5.32 Å². The van der Waals surface area contributed by atoms with Gasteiger partial charge >= 0.3 is 0 Å². The van der Waals surface area contributed by atoms with E-state index in [9.17, 15) is 9.18 Å². The highest BCUT2D eigenvalue weighted by Gasteiger charge is 2.10. The van der Waals surface area contributed by atoms with Crippen LogP contribution in [0.1, 0.15) is 13.8 Å². The van der Waals surface area contributed by atoms with Crippen molar-refractivity contribution in [2.24, 2.45) is 0 Å². The Kier molecular flexibility index (Phi) is 3.61. The lowest BCUT2D eigenvalue weighted by molar-refractivity contribution is -0.125. The standard InChI is InChI=1S/C5H10FNOS/c1-3(6)5(8)7-4(2)9/h3-4,9H,1-2H3,(H,7,8). The van der Waals surface area contributed by atoms with Gasteiger partial charge < -0.3 is 5.32 Å². The van der Waals surface area contributed by atoms with Gasteiger partial charge in [-0.05, 0) is 13.8 Å². The van der Waals surface area contributed by atoms with Gasteiger partial charge in [-0.25, -0.2) is 4.39 Å². The van der Waals surface area contributed by atoms with Crippen molar-refractivity contribution in [2.75, 3.05) is 0 Å². The third-order valence-electron chi connectivity index (χ3n) is 0.712. The van der Waals surface area contributed by atoms with Crippen LogP contribution in [0.15, 0.2) is 0 Å². The zero-order chi connectivity index (χ0) is 7.44. The second kappa shape index (κ2) is 3.71. The molecule has 0 aromatic carbocycles. The zero-order valence-electron chi connectivity index (χ0n) is 5.39. The van der Waals surface area contributed by atoms with Crippen LogP contribution in [-0.2, 0) is 4.79 Å². The lowest BCUT2D eigenvalue weighted by atomic mass is 10.4. The maximum atomic E-state index is 12.0. The van der Waals surface area contributed by atoms with E-state index in [1.165, 1.54) is 6.92 Å². The maximum absolute atomic E-state index is 12.0. The van der Waals surface area contributed by atoms with Gasteiger partial charge in [-0.3, -0.25) is 4.79 Å². The monoisotopic (exact) mass is 151 g/mol. The van der Waals surface area contributed by atoms with Crippen molar-refractivity contribution in [2.45, 2.75) is 25.4 Å². The van der Waals surface area contributed by atoms with Gasteiger partial charge in [-0.2, -0.15) is 12.6 Å². The number of amides is 1. The molecule has 0 bridgehead atoms. The molecular formula is C5H10FNOS. The zero-order valence-corrected chi connectivity index (χ0v) is 6.28. The molecule has 0 aliphatic rings. The second-order valence-corrected chi connectivity index (χ2v) is 2.58. The summed E-state index contributed by atoms with van der Waals surface area (Å²) in [5, 5.41) is 2.01. The third-order valence-corrected chi connectivity index (χ3v) is 0.842. The Morgan fingerprint density at radius 3 is 2.22 bits per heavy atom. The summed E-state index contributed by atoms with van der Waals surface area (Å²) in [6, 6.07) is 0. The number of hydrogen-bond donors (Lipinski definition) is 2. The predicted octanol–water partition coefficient (Wildman–Crippen LogP) is 0.736. The molecule has 2 nitrogen and oxygen atoms in total. The normalized spacial score (nSPS) is 16.4. The van der Waals surface area contributed by atoms with Crippen molar-refractivity contribution in [3.05, 3.63) is 0 Å². The molecule has 0 saturated heterocycles. The number of carbonyl (C=O) groups excluding carboxylic acids is 1. The number of thiol groups is 1. The molecule has 0 aromatic rings. The minimum atomic E-state index is -1.44. The average molecular weight is 151 g/mol. The van der Waals surface area contributed by atoms with Crippen LogP contribution in [-0.4, -0.2) is 17.5 Å². The van der Waals surface area contributed by atoms with Crippen LogP contribution in [0.5, 0.6) is 0 Å². The van der Waals surface area contributed by atoms with Crippen LogP contribution in [0.4, 0.5) is 4.39 Å². The SMILES string of the molecule is CC(S)NC(=O)C(C)F. The molecule has 4 heteroatoms. The molecule has 0 fully saturated rings. The van der Waals surface area contributed by atoms with E-state index >= 15 is 0 Å². The van der Waals surface area contributed by atoms with Gasteiger partial charge in [0.25, 0.3) is 5.91 Å². The predicted molar refractivity (Wildman–Crippen MR) is 37.2 cm³/mol. The summed E-state index contributed by atoms with van der Waals surface area (Å²) in [5.74, 6) is -0.613. The fourth-order valence-electron chi connectivity index (χ4n) is 0.321. The molecule has 0 heterocycles. The van der Waals surface area contributed by atoms with E-state index in [1.807, 2.05) is 0 Å². The molecule has 0 aromatic heterocycles. The Morgan fingerprint density at radius 1 is 1.67 bits per heavy atom. The molecule has 0 aliphatic heterocycles. The van der Waals surface area contributed by atoms with Crippen molar-refractivity contribution in [1.82, 2.24) is 5.32 Å². The highest BCUT2D eigenvalue weighted by Crippen LogP contribution is 1.91. The number of alkyl halides is 1. The maximum Gasteiger partial charge on any atom is 0.255 e. The number of nitrogens with one attached hydrogen (secondary N) is 1. The molecule has 0 saturated carbocycles. The van der Waals surface area contributed by atoms with Gasteiger partial charge in [0.2, 0.25) is 0 Å². The van der Waals surface area contributed by atoms with E-state index in [2.05, 4.69) is 17.9 Å². The van der Waals surface area contributed by atoms with Crippen LogP contribution in [0.2, 0.25) is 0 Å². The molecular weight excluding hydrogens is 141 g/mol. The van der Waals surface area contributed by atoms with Crippen LogP contribution in [0, 0.1) is 0 Å². The molecule has 54 valence electrons. The summed E-state index contributed by atoms with van der Waals surface area (Å²) in [4.78, 5) is 10.4. The molecule has 2 atom stereocenters. The third kappa shape index (κ3) is 4.27. The molecule has 1 N–H and O–H groups in total. The summed E-state index contributed by atoms with van der Waals surface area (Å²) in [6.07, 6.45) is -1.44. The van der Waals surface area contributed by atoms with Crippen molar-refractivity contribution < 1.29 is 9.18 Å². The molecule has 0 rings (SSSR count). The van der Waals surface area contributed by atoms with Gasteiger partial charge in [0.15, 0.2) is 6.17 Å². The Bertz CT molecular complexity index is 105. The molecule has 0 spiro atoms. The molecule has 2 unspecified atom stereocenters. The number of rotatable bonds is 2. The largest absolute Gasteiger partial charge is 0.342 e. The number of hydrogen-bond acceptors (Lipinski definition) is 2. The Hall–Kier alpha value is -0.250. The minimum Gasteiger partial charge on any atom is -0.342 e. The molecule has 1 amide bonds. The second-order valence-electron chi connectivity index (χ2n) is 1.80. The summed E-state index contributed by atoms with van der Waals surface area (Å²) in [6.45, 7) is 2.84. The van der Waals surface area contributed by atoms with Gasteiger partial charge in [0, 0.05) is 0 Å². The fraction of sp³-hybridized carbons (Fsp3) is 0.800. The van der Waals surface area contributed by atoms with E-state index in [-0.39, 0.29) is 5.37 Å². The van der Waals surface area contributed by atoms with E-state index < -0.39 is 12.1 Å². The Balaban J connectivity index is 3.51. The first-order chi connectivity index (χ1) is 4.04. The van der Waals surface area contributed by atoms with Gasteiger partial charge in [-0.1, -0.05) is 0 Å². The Morgan fingerprint density at radius 2 is 2.11 bits per heavy atom. The Labute approximate surface area is 59.2 Å². The fourth-order valence-corrected chi connectivity index (χ4v) is 0.448. The van der Waals surface area contributed by atoms with E-state index in [1.54, 1.807) is 6.92 Å². The van der Waals surface area contributed by atoms with E-state index in [0.29, 0.717) is 0 Å².